The zero-order chi connectivity index (χ0) is 11.7. The highest BCUT2D eigenvalue weighted by atomic mass is 16.5. The molecule has 0 fully saturated rings. The maximum Gasteiger partial charge on any atom is 0.330 e. The lowest BCUT2D eigenvalue weighted by molar-refractivity contribution is -0.137. The van der Waals surface area contributed by atoms with Crippen molar-refractivity contribution in [3.05, 3.63) is 35.5 Å². The van der Waals surface area contributed by atoms with Crippen molar-refractivity contribution < 1.29 is 14.3 Å². The first-order valence-corrected chi connectivity index (χ1v) is 4.75. The van der Waals surface area contributed by atoms with E-state index in [9.17, 15) is 9.59 Å². The zero-order valence-corrected chi connectivity index (χ0v) is 9.32. The molecule has 0 aliphatic rings. The molecule has 0 spiro atoms. The van der Waals surface area contributed by atoms with Crippen LogP contribution in [-0.2, 0) is 14.3 Å². The third kappa shape index (κ3) is 7.43. The molecule has 0 aromatic heterocycles. The second-order valence-electron chi connectivity index (χ2n) is 3.03. The van der Waals surface area contributed by atoms with Gasteiger partial charge in [0.15, 0.2) is 0 Å². The normalized spacial score (nSPS) is 13.0. The highest BCUT2D eigenvalue weighted by Gasteiger charge is 1.94. The number of aldehydes is 1. The molecule has 0 N–H and O–H groups in total. The van der Waals surface area contributed by atoms with Crippen LogP contribution in [0, 0.1) is 0 Å². The molecule has 0 aliphatic heterocycles. The van der Waals surface area contributed by atoms with E-state index in [2.05, 4.69) is 0 Å². The summed E-state index contributed by atoms with van der Waals surface area (Å²) in [4.78, 5) is 21.3. The van der Waals surface area contributed by atoms with Crippen LogP contribution in [-0.4, -0.2) is 18.9 Å². The SMILES string of the molecule is CCOC(=O)C=C(C)C=C/C=C(\C)C=O. The molecular formula is C12H16O3. The molecular weight excluding hydrogens is 192 g/mol. The quantitative estimate of drug-likeness (QED) is 0.301. The Kier molecular flexibility index (Phi) is 6.89. The average Bonchev–Trinajstić information content (AvgIpc) is 2.17. The fourth-order valence-corrected chi connectivity index (χ4v) is 0.809. The summed E-state index contributed by atoms with van der Waals surface area (Å²) in [7, 11) is 0. The number of rotatable bonds is 5. The highest BCUT2D eigenvalue weighted by Crippen LogP contribution is 1.97. The highest BCUT2D eigenvalue weighted by molar-refractivity contribution is 5.83. The van der Waals surface area contributed by atoms with Crippen LogP contribution in [0.1, 0.15) is 20.8 Å². The number of hydrogen-bond acceptors (Lipinski definition) is 3. The number of ether oxygens (including phenoxy) is 1. The van der Waals surface area contributed by atoms with Crippen molar-refractivity contribution in [2.45, 2.75) is 20.8 Å². The lowest BCUT2D eigenvalue weighted by Crippen LogP contribution is -1.99. The molecule has 82 valence electrons. The average molecular weight is 208 g/mol. The molecule has 0 saturated heterocycles. The van der Waals surface area contributed by atoms with Gasteiger partial charge in [0.25, 0.3) is 0 Å². The molecule has 3 heteroatoms. The van der Waals surface area contributed by atoms with E-state index in [1.807, 2.05) is 0 Å². The van der Waals surface area contributed by atoms with Crippen LogP contribution in [0.5, 0.6) is 0 Å². The Morgan fingerprint density at radius 1 is 1.27 bits per heavy atom. The molecule has 0 rings (SSSR count). The van der Waals surface area contributed by atoms with Gasteiger partial charge in [0.1, 0.15) is 6.29 Å². The Labute approximate surface area is 90.1 Å². The maximum atomic E-state index is 11.0. The van der Waals surface area contributed by atoms with Gasteiger partial charge in [0, 0.05) is 6.08 Å². The molecule has 0 saturated carbocycles. The van der Waals surface area contributed by atoms with E-state index < -0.39 is 0 Å². The topological polar surface area (TPSA) is 43.4 Å². The van der Waals surface area contributed by atoms with Crippen LogP contribution in [0.3, 0.4) is 0 Å². The summed E-state index contributed by atoms with van der Waals surface area (Å²) in [5.41, 5.74) is 1.42. The van der Waals surface area contributed by atoms with Gasteiger partial charge < -0.3 is 4.74 Å². The number of carbonyl (C=O) groups excluding carboxylic acids is 2. The van der Waals surface area contributed by atoms with Crippen LogP contribution >= 0.6 is 0 Å². The monoisotopic (exact) mass is 208 g/mol. The molecule has 3 nitrogen and oxygen atoms in total. The lowest BCUT2D eigenvalue weighted by atomic mass is 10.2. The van der Waals surface area contributed by atoms with E-state index in [0.717, 1.165) is 11.9 Å². The van der Waals surface area contributed by atoms with Crippen LogP contribution in [0.4, 0.5) is 0 Å². The minimum absolute atomic E-state index is 0.351. The molecule has 0 aromatic carbocycles. The van der Waals surface area contributed by atoms with Crippen molar-refractivity contribution in [1.82, 2.24) is 0 Å². The molecule has 0 aliphatic carbocycles. The lowest BCUT2D eigenvalue weighted by Gasteiger charge is -1.95. The van der Waals surface area contributed by atoms with Gasteiger partial charge >= 0.3 is 5.97 Å². The first kappa shape index (κ1) is 13.4. The molecule has 0 amide bonds. The van der Waals surface area contributed by atoms with Crippen LogP contribution in [0.15, 0.2) is 35.5 Å². The maximum absolute atomic E-state index is 11.0. The Hall–Kier alpha value is -1.64. The third-order valence-electron chi connectivity index (χ3n) is 1.54. The summed E-state index contributed by atoms with van der Waals surface area (Å²) >= 11 is 0. The van der Waals surface area contributed by atoms with E-state index in [1.165, 1.54) is 6.08 Å². The van der Waals surface area contributed by atoms with Gasteiger partial charge in [-0.3, -0.25) is 4.79 Å². The summed E-state index contributed by atoms with van der Waals surface area (Å²) in [5, 5.41) is 0. The van der Waals surface area contributed by atoms with Gasteiger partial charge in [-0.05, 0) is 31.9 Å². The van der Waals surface area contributed by atoms with Crippen molar-refractivity contribution in [1.29, 1.82) is 0 Å². The predicted molar refractivity (Wildman–Crippen MR) is 59.4 cm³/mol. The van der Waals surface area contributed by atoms with E-state index >= 15 is 0 Å². The van der Waals surface area contributed by atoms with Crippen molar-refractivity contribution >= 4 is 12.3 Å². The molecule has 0 unspecified atom stereocenters. The van der Waals surface area contributed by atoms with Crippen molar-refractivity contribution in [2.24, 2.45) is 0 Å². The largest absolute Gasteiger partial charge is 0.463 e. The molecule has 0 bridgehead atoms. The van der Waals surface area contributed by atoms with E-state index in [4.69, 9.17) is 4.74 Å². The fourth-order valence-electron chi connectivity index (χ4n) is 0.809. The van der Waals surface area contributed by atoms with E-state index in [0.29, 0.717) is 12.2 Å². The standard InChI is InChI=1S/C12H16O3/c1-4-15-12(14)8-10(2)6-5-7-11(3)9-13/h5-9H,4H2,1-3H3/b6-5?,10-8?,11-7+. The second-order valence-corrected chi connectivity index (χ2v) is 3.03. The number of carbonyl (C=O) groups is 2. The van der Waals surface area contributed by atoms with Gasteiger partial charge in [-0.15, -0.1) is 0 Å². The Morgan fingerprint density at radius 2 is 1.93 bits per heavy atom. The van der Waals surface area contributed by atoms with Gasteiger partial charge in [-0.25, -0.2) is 4.79 Å². The summed E-state index contributed by atoms with van der Waals surface area (Å²) in [6.45, 7) is 5.63. The molecule has 0 radical (unpaired) electrons. The zero-order valence-electron chi connectivity index (χ0n) is 9.32. The first-order chi connectivity index (χ1) is 7.10. The predicted octanol–water partition coefficient (Wildman–Crippen LogP) is 2.20. The Bertz CT molecular complexity index is 309. The molecule has 0 heterocycles. The van der Waals surface area contributed by atoms with Crippen LogP contribution < -0.4 is 0 Å². The number of hydrogen-bond donors (Lipinski definition) is 0. The second kappa shape index (κ2) is 7.74. The van der Waals surface area contributed by atoms with Gasteiger partial charge in [-0.1, -0.05) is 18.2 Å². The van der Waals surface area contributed by atoms with Crippen LogP contribution in [0.25, 0.3) is 0 Å². The Morgan fingerprint density at radius 3 is 2.47 bits per heavy atom. The Balaban J connectivity index is 4.29. The van der Waals surface area contributed by atoms with Gasteiger partial charge in [0.2, 0.25) is 0 Å². The number of esters is 1. The molecule has 0 aromatic rings. The smallest absolute Gasteiger partial charge is 0.330 e. The van der Waals surface area contributed by atoms with Crippen molar-refractivity contribution in [3.8, 4) is 0 Å². The van der Waals surface area contributed by atoms with E-state index in [-0.39, 0.29) is 5.97 Å². The van der Waals surface area contributed by atoms with Crippen LogP contribution in [0.2, 0.25) is 0 Å². The molecule has 0 atom stereocenters. The summed E-state index contributed by atoms with van der Waals surface area (Å²) in [6, 6.07) is 0. The van der Waals surface area contributed by atoms with E-state index in [1.54, 1.807) is 39.0 Å². The minimum Gasteiger partial charge on any atom is -0.463 e. The summed E-state index contributed by atoms with van der Waals surface area (Å²) in [5.74, 6) is -0.351. The van der Waals surface area contributed by atoms with Gasteiger partial charge in [-0.2, -0.15) is 0 Å². The summed E-state index contributed by atoms with van der Waals surface area (Å²) < 4.78 is 4.74. The fraction of sp³-hybridized carbons (Fsp3) is 0.333. The van der Waals surface area contributed by atoms with Gasteiger partial charge in [0.05, 0.1) is 6.61 Å². The third-order valence-corrected chi connectivity index (χ3v) is 1.54. The summed E-state index contributed by atoms with van der Waals surface area (Å²) in [6.07, 6.45) is 7.31. The molecule has 15 heavy (non-hydrogen) atoms. The minimum atomic E-state index is -0.351. The number of allylic oxidation sites excluding steroid dienone is 5. The van der Waals surface area contributed by atoms with Crippen molar-refractivity contribution in [3.63, 3.8) is 0 Å². The van der Waals surface area contributed by atoms with Crippen molar-refractivity contribution in [2.75, 3.05) is 6.61 Å². The first-order valence-electron chi connectivity index (χ1n) is 4.75.